The number of hydrogen-bond donors (Lipinski definition) is 0. The maximum Gasteiger partial charge on any atom is 0.123 e. The molecule has 4 heteroatoms. The highest BCUT2D eigenvalue weighted by Gasteiger charge is 2.08. The molecular formula is C30H22F4. The van der Waals surface area contributed by atoms with Crippen LogP contribution in [-0.2, 0) is 0 Å². The zero-order chi connectivity index (χ0) is 23.9. The number of halogens is 4. The summed E-state index contributed by atoms with van der Waals surface area (Å²) in [6.07, 6.45) is 5.36. The zero-order valence-corrected chi connectivity index (χ0v) is 18.3. The Bertz CT molecular complexity index is 1080. The Kier molecular flexibility index (Phi) is 7.38. The summed E-state index contributed by atoms with van der Waals surface area (Å²) in [5.74, 6) is -1.30. The van der Waals surface area contributed by atoms with Crippen LogP contribution in [0.1, 0.15) is 35.1 Å². The molecule has 34 heavy (non-hydrogen) atoms. The van der Waals surface area contributed by atoms with E-state index >= 15 is 0 Å². The zero-order valence-electron chi connectivity index (χ0n) is 18.3. The molecule has 170 valence electrons. The van der Waals surface area contributed by atoms with Crippen LogP contribution in [0.5, 0.6) is 0 Å². The first-order valence-electron chi connectivity index (χ1n) is 10.9. The molecule has 0 nitrogen and oxygen atoms in total. The molecule has 0 aromatic heterocycles. The van der Waals surface area contributed by atoms with Crippen LogP contribution in [0, 0.1) is 23.3 Å². The van der Waals surface area contributed by atoms with Gasteiger partial charge in [0.15, 0.2) is 0 Å². The van der Waals surface area contributed by atoms with Crippen molar-refractivity contribution >= 4 is 11.1 Å². The average Bonchev–Trinajstić information content (AvgIpc) is 2.85. The number of hydrogen-bond acceptors (Lipinski definition) is 0. The predicted molar refractivity (Wildman–Crippen MR) is 129 cm³/mol. The minimum Gasteiger partial charge on any atom is -0.207 e. The van der Waals surface area contributed by atoms with E-state index in [1.54, 1.807) is 48.5 Å². The largest absolute Gasteiger partial charge is 0.207 e. The Morgan fingerprint density at radius 3 is 0.794 bits per heavy atom. The van der Waals surface area contributed by atoms with Gasteiger partial charge in [0.05, 0.1) is 0 Å². The van der Waals surface area contributed by atoms with Crippen molar-refractivity contribution in [3.05, 3.63) is 155 Å². The summed E-state index contributed by atoms with van der Waals surface area (Å²) in [6, 6.07) is 24.8. The normalized spacial score (nSPS) is 10.6. The Morgan fingerprint density at radius 2 is 0.588 bits per heavy atom. The fraction of sp³-hybridized carbons (Fsp3) is 0.0667. The number of rotatable bonds is 7. The molecule has 0 atom stereocenters. The summed E-state index contributed by atoms with van der Waals surface area (Å²) in [6.45, 7) is 0. The summed E-state index contributed by atoms with van der Waals surface area (Å²) >= 11 is 0. The highest BCUT2D eigenvalue weighted by atomic mass is 19.1. The van der Waals surface area contributed by atoms with E-state index < -0.39 is 0 Å². The Hall–Kier alpha value is -3.92. The number of benzene rings is 4. The van der Waals surface area contributed by atoms with E-state index in [0.717, 1.165) is 33.4 Å². The van der Waals surface area contributed by atoms with Gasteiger partial charge in [-0.25, -0.2) is 17.6 Å². The van der Waals surface area contributed by atoms with Gasteiger partial charge in [0.25, 0.3) is 0 Å². The lowest BCUT2D eigenvalue weighted by molar-refractivity contribution is 0.627. The first-order valence-corrected chi connectivity index (χ1v) is 10.9. The van der Waals surface area contributed by atoms with E-state index in [4.69, 9.17) is 0 Å². The van der Waals surface area contributed by atoms with Gasteiger partial charge in [-0.15, -0.1) is 0 Å². The minimum absolute atomic E-state index is 0.326. The van der Waals surface area contributed by atoms with Crippen LogP contribution in [0.25, 0.3) is 11.1 Å². The van der Waals surface area contributed by atoms with Gasteiger partial charge >= 0.3 is 0 Å². The Morgan fingerprint density at radius 1 is 0.382 bits per heavy atom. The molecule has 4 aromatic rings. The van der Waals surface area contributed by atoms with Crippen LogP contribution in [0.3, 0.4) is 0 Å². The lowest BCUT2D eigenvalue weighted by atomic mass is 9.94. The quantitative estimate of drug-likeness (QED) is 0.192. The number of unbranched alkanes of at least 4 members (excludes halogenated alkanes) is 1. The second-order valence-electron chi connectivity index (χ2n) is 7.84. The molecule has 0 unspecified atom stereocenters. The molecule has 4 aromatic carbocycles. The summed E-state index contributed by atoms with van der Waals surface area (Å²) in [5.41, 5.74) is 5.06. The standard InChI is InChI=1S/C30H22F4/c31-25-13-5-21(6-14-25)29(22-7-15-26(32)16-8-22)3-1-2-4-30(23-9-17-27(33)18-10-23)24-11-19-28(34)20-12-24/h3-20H,1-2H2. The molecule has 0 N–H and O–H groups in total. The molecule has 0 aliphatic rings. The summed E-state index contributed by atoms with van der Waals surface area (Å²) < 4.78 is 53.8. The molecule has 0 bridgehead atoms. The summed E-state index contributed by atoms with van der Waals surface area (Å²) in [5, 5.41) is 0. The first-order chi connectivity index (χ1) is 16.5. The van der Waals surface area contributed by atoms with Crippen molar-refractivity contribution in [2.45, 2.75) is 12.8 Å². The van der Waals surface area contributed by atoms with Crippen LogP contribution in [0.2, 0.25) is 0 Å². The van der Waals surface area contributed by atoms with Gasteiger partial charge in [-0.1, -0.05) is 60.7 Å². The van der Waals surface area contributed by atoms with Crippen molar-refractivity contribution in [2.75, 3.05) is 0 Å². The lowest BCUT2D eigenvalue weighted by Gasteiger charge is -2.10. The fourth-order valence-corrected chi connectivity index (χ4v) is 3.78. The predicted octanol–water partition coefficient (Wildman–Crippen LogP) is 8.59. The maximum absolute atomic E-state index is 13.4. The van der Waals surface area contributed by atoms with E-state index in [2.05, 4.69) is 0 Å². The molecular weight excluding hydrogens is 436 g/mol. The second kappa shape index (κ2) is 10.8. The van der Waals surface area contributed by atoms with Crippen LogP contribution >= 0.6 is 0 Å². The van der Waals surface area contributed by atoms with Crippen molar-refractivity contribution in [3.8, 4) is 0 Å². The topological polar surface area (TPSA) is 0 Å². The van der Waals surface area contributed by atoms with Gasteiger partial charge < -0.3 is 0 Å². The van der Waals surface area contributed by atoms with E-state index in [0.29, 0.717) is 12.8 Å². The fourth-order valence-electron chi connectivity index (χ4n) is 3.78. The van der Waals surface area contributed by atoms with Crippen LogP contribution < -0.4 is 0 Å². The van der Waals surface area contributed by atoms with Crippen LogP contribution in [0.4, 0.5) is 17.6 Å². The monoisotopic (exact) mass is 458 g/mol. The Balaban J connectivity index is 1.63. The maximum atomic E-state index is 13.4. The average molecular weight is 458 g/mol. The Labute approximate surface area is 196 Å². The SMILES string of the molecule is Fc1ccc(C(=CCCC=C(c2ccc(F)cc2)c2ccc(F)cc2)c2ccc(F)cc2)cc1. The van der Waals surface area contributed by atoms with E-state index in [1.165, 1.54) is 48.5 Å². The van der Waals surface area contributed by atoms with Crippen LogP contribution in [-0.4, -0.2) is 0 Å². The van der Waals surface area contributed by atoms with Crippen LogP contribution in [0.15, 0.2) is 109 Å². The molecule has 0 aliphatic heterocycles. The molecule has 0 saturated heterocycles. The van der Waals surface area contributed by atoms with Crippen molar-refractivity contribution in [1.82, 2.24) is 0 Å². The molecule has 0 heterocycles. The first kappa shape index (κ1) is 23.2. The highest BCUT2D eigenvalue weighted by molar-refractivity contribution is 5.81. The molecule has 0 spiro atoms. The van der Waals surface area contributed by atoms with Crippen molar-refractivity contribution in [2.24, 2.45) is 0 Å². The molecule has 4 rings (SSSR count). The van der Waals surface area contributed by atoms with Gasteiger partial charge in [0.2, 0.25) is 0 Å². The van der Waals surface area contributed by atoms with E-state index in [-0.39, 0.29) is 23.3 Å². The van der Waals surface area contributed by atoms with Crippen molar-refractivity contribution < 1.29 is 17.6 Å². The molecule has 0 aliphatic carbocycles. The third-order valence-electron chi connectivity index (χ3n) is 5.48. The minimum atomic E-state index is -0.326. The van der Waals surface area contributed by atoms with E-state index in [1.807, 2.05) is 12.2 Å². The molecule has 0 amide bonds. The van der Waals surface area contributed by atoms with Gasteiger partial charge in [0.1, 0.15) is 23.3 Å². The van der Waals surface area contributed by atoms with Gasteiger partial charge in [-0.05, 0) is 94.8 Å². The lowest BCUT2D eigenvalue weighted by Crippen LogP contribution is -1.91. The summed E-state index contributed by atoms with van der Waals surface area (Å²) in [4.78, 5) is 0. The third kappa shape index (κ3) is 5.90. The van der Waals surface area contributed by atoms with Gasteiger partial charge in [-0.2, -0.15) is 0 Å². The number of allylic oxidation sites excluding steroid dienone is 2. The van der Waals surface area contributed by atoms with Gasteiger partial charge in [-0.3, -0.25) is 0 Å². The third-order valence-corrected chi connectivity index (χ3v) is 5.48. The molecule has 0 fully saturated rings. The van der Waals surface area contributed by atoms with E-state index in [9.17, 15) is 17.6 Å². The second-order valence-corrected chi connectivity index (χ2v) is 7.84. The summed E-state index contributed by atoms with van der Waals surface area (Å²) in [7, 11) is 0. The molecule has 0 saturated carbocycles. The van der Waals surface area contributed by atoms with Crippen molar-refractivity contribution in [3.63, 3.8) is 0 Å². The van der Waals surface area contributed by atoms with Crippen molar-refractivity contribution in [1.29, 1.82) is 0 Å². The smallest absolute Gasteiger partial charge is 0.123 e. The molecule has 0 radical (unpaired) electrons. The highest BCUT2D eigenvalue weighted by Crippen LogP contribution is 2.27. The van der Waals surface area contributed by atoms with Gasteiger partial charge in [0, 0.05) is 0 Å².